The van der Waals surface area contributed by atoms with Crippen molar-refractivity contribution in [2.24, 2.45) is 0 Å². The first kappa shape index (κ1) is 26.7. The second kappa shape index (κ2) is 11.9. The van der Waals surface area contributed by atoms with Gasteiger partial charge < -0.3 is 4.90 Å². The predicted octanol–water partition coefficient (Wildman–Crippen LogP) is 4.92. The molecule has 4 aromatic rings. The van der Waals surface area contributed by atoms with Crippen molar-refractivity contribution in [1.29, 1.82) is 0 Å². The van der Waals surface area contributed by atoms with Gasteiger partial charge in [-0.2, -0.15) is 0 Å². The Morgan fingerprint density at radius 2 is 1.77 bits per heavy atom. The molecule has 39 heavy (non-hydrogen) atoms. The molecule has 1 aliphatic rings. The number of unbranched alkanes of at least 4 members (excludes halogenated alkanes) is 1. The zero-order chi connectivity index (χ0) is 27.4. The van der Waals surface area contributed by atoms with Gasteiger partial charge in [0.2, 0.25) is 0 Å². The summed E-state index contributed by atoms with van der Waals surface area (Å²) in [6.07, 6.45) is 5.51. The Labute approximate surface area is 232 Å². The summed E-state index contributed by atoms with van der Waals surface area (Å²) in [4.78, 5) is 35.9. The fraction of sp³-hybridized carbons (Fsp3) is 0.367. The summed E-state index contributed by atoms with van der Waals surface area (Å²) in [6.45, 7) is 6.45. The first-order chi connectivity index (χ1) is 18.9. The van der Waals surface area contributed by atoms with Crippen LogP contribution in [0, 0.1) is 6.92 Å². The predicted molar refractivity (Wildman–Crippen MR) is 156 cm³/mol. The highest BCUT2D eigenvalue weighted by molar-refractivity contribution is 7.80. The Hall–Kier alpha value is -3.85. The van der Waals surface area contributed by atoms with Crippen LogP contribution >= 0.6 is 12.2 Å². The van der Waals surface area contributed by atoms with E-state index in [2.05, 4.69) is 22.0 Å². The number of nitrogens with one attached hydrogen (secondary N) is 1. The second-order valence-corrected chi connectivity index (χ2v) is 10.5. The van der Waals surface area contributed by atoms with E-state index in [-0.39, 0.29) is 5.56 Å². The Bertz CT molecular complexity index is 1580. The van der Waals surface area contributed by atoms with E-state index in [9.17, 15) is 9.59 Å². The van der Waals surface area contributed by atoms with Gasteiger partial charge >= 0.3 is 5.76 Å². The Balaban J connectivity index is 1.45. The van der Waals surface area contributed by atoms with E-state index in [0.29, 0.717) is 24.4 Å². The van der Waals surface area contributed by atoms with Gasteiger partial charge in [-0.05, 0) is 42.9 Å². The molecule has 1 fully saturated rings. The molecule has 0 bridgehead atoms. The number of benzene rings is 2. The lowest BCUT2D eigenvalue weighted by atomic mass is 9.98. The number of aromatic amines is 1. The van der Waals surface area contributed by atoms with E-state index in [4.69, 9.17) is 21.7 Å². The zero-order valence-electron chi connectivity index (χ0n) is 22.4. The van der Waals surface area contributed by atoms with Gasteiger partial charge in [0, 0.05) is 42.8 Å². The lowest BCUT2D eigenvalue weighted by Crippen LogP contribution is -2.34. The van der Waals surface area contributed by atoms with Crippen LogP contribution in [0.25, 0.3) is 22.5 Å². The number of aryl methyl sites for hydroxylation is 2. The zero-order valence-corrected chi connectivity index (χ0v) is 23.2. The first-order valence-electron chi connectivity index (χ1n) is 13.6. The maximum Gasteiger partial charge on any atom is 0.439 e. The van der Waals surface area contributed by atoms with E-state index in [1.165, 1.54) is 0 Å². The lowest BCUT2D eigenvalue weighted by molar-refractivity contribution is 0.388. The highest BCUT2D eigenvalue weighted by atomic mass is 32.1. The van der Waals surface area contributed by atoms with Crippen molar-refractivity contribution in [2.45, 2.75) is 58.9 Å². The molecule has 0 saturated carbocycles. The topological polar surface area (TPSA) is 97.0 Å². The minimum atomic E-state index is -0.591. The maximum absolute atomic E-state index is 13.8. The third-order valence-corrected chi connectivity index (χ3v) is 7.72. The molecule has 0 spiro atoms. The molecule has 8 nitrogen and oxygen atoms in total. The number of likely N-dealkylation sites (tertiary alicyclic amines) is 1. The van der Waals surface area contributed by atoms with Crippen LogP contribution in [-0.2, 0) is 19.4 Å². The minimum absolute atomic E-state index is 0.000409. The van der Waals surface area contributed by atoms with Crippen molar-refractivity contribution >= 4 is 17.2 Å². The number of hydrogen-bond donors (Lipinski definition) is 1. The molecule has 0 radical (unpaired) electrons. The van der Waals surface area contributed by atoms with Crippen molar-refractivity contribution in [1.82, 2.24) is 24.6 Å². The van der Waals surface area contributed by atoms with E-state index >= 15 is 0 Å². The molecule has 3 heterocycles. The highest BCUT2D eigenvalue weighted by Crippen LogP contribution is 2.30. The van der Waals surface area contributed by atoms with Crippen molar-refractivity contribution in [3.05, 3.63) is 92.1 Å². The van der Waals surface area contributed by atoms with Crippen molar-refractivity contribution in [2.75, 3.05) is 13.1 Å². The third-order valence-electron chi connectivity index (χ3n) is 7.32. The molecule has 1 saturated heterocycles. The van der Waals surface area contributed by atoms with Crippen LogP contribution in [0.5, 0.6) is 0 Å². The van der Waals surface area contributed by atoms with Crippen LogP contribution in [0.3, 0.4) is 0 Å². The number of aromatic nitrogens is 4. The molecular formula is C30H33N5O3S. The van der Waals surface area contributed by atoms with Crippen LogP contribution < -0.4 is 11.3 Å². The van der Waals surface area contributed by atoms with Gasteiger partial charge in [0.25, 0.3) is 5.56 Å². The van der Waals surface area contributed by atoms with Crippen molar-refractivity contribution in [3.8, 4) is 22.5 Å². The van der Waals surface area contributed by atoms with Crippen LogP contribution in [0.4, 0.5) is 0 Å². The number of rotatable bonds is 9. The van der Waals surface area contributed by atoms with E-state index in [0.717, 1.165) is 84.0 Å². The quantitative estimate of drug-likeness (QED) is 0.299. The molecule has 2 aromatic carbocycles. The van der Waals surface area contributed by atoms with Crippen LogP contribution in [0.1, 0.15) is 55.3 Å². The summed E-state index contributed by atoms with van der Waals surface area (Å²) in [5.74, 6) is 0.614. The fourth-order valence-electron chi connectivity index (χ4n) is 5.14. The first-order valence-corrected chi connectivity index (χ1v) is 14.0. The Morgan fingerprint density at radius 1 is 1.05 bits per heavy atom. The van der Waals surface area contributed by atoms with E-state index in [1.807, 2.05) is 60.0 Å². The summed E-state index contributed by atoms with van der Waals surface area (Å²) in [5, 5.41) is 3.85. The molecule has 2 aromatic heterocycles. The van der Waals surface area contributed by atoms with Crippen LogP contribution in [-0.4, -0.2) is 42.7 Å². The largest absolute Gasteiger partial charge is 0.439 e. The van der Waals surface area contributed by atoms with E-state index < -0.39 is 5.76 Å². The molecule has 0 aliphatic carbocycles. The average molecular weight is 544 g/mol. The van der Waals surface area contributed by atoms with Gasteiger partial charge in [0.15, 0.2) is 5.82 Å². The molecule has 202 valence electrons. The monoisotopic (exact) mass is 543 g/mol. The molecule has 0 amide bonds. The fourth-order valence-corrected chi connectivity index (χ4v) is 5.46. The molecule has 0 unspecified atom stereocenters. The van der Waals surface area contributed by atoms with Gasteiger partial charge in [-0.1, -0.05) is 79.3 Å². The van der Waals surface area contributed by atoms with Crippen molar-refractivity contribution < 1.29 is 4.52 Å². The molecular weight excluding hydrogens is 510 g/mol. The summed E-state index contributed by atoms with van der Waals surface area (Å²) in [7, 11) is 0. The van der Waals surface area contributed by atoms with Crippen molar-refractivity contribution in [3.63, 3.8) is 0 Å². The van der Waals surface area contributed by atoms with E-state index in [1.54, 1.807) is 0 Å². The Kier molecular flexibility index (Phi) is 8.16. The molecule has 5 rings (SSSR count). The van der Waals surface area contributed by atoms with Gasteiger partial charge in [0.05, 0.1) is 11.5 Å². The number of thiocarbonyl (C=S) groups is 1. The molecule has 1 aliphatic heterocycles. The molecule has 1 N–H and O–H groups in total. The van der Waals surface area contributed by atoms with Crippen LogP contribution in [0.2, 0.25) is 0 Å². The normalized spacial score (nSPS) is 13.2. The number of hydrogen-bond acceptors (Lipinski definition) is 6. The standard InChI is InChI=1S/C30H33N5O3S/c1-3-4-11-26-31-20(2)25(18-27(39)34-16-7-8-17-34)29(36)35(26)19-21-12-14-22(15-13-21)23-9-5-6-10-24(23)28-32-30(37)38-33-28/h5-6,9-10,12-15H,3-4,7-8,11,16-19H2,1-2H3,(H,32,33,37). The van der Waals surface area contributed by atoms with Gasteiger partial charge in [-0.15, -0.1) is 0 Å². The summed E-state index contributed by atoms with van der Waals surface area (Å²) < 4.78 is 6.53. The SMILES string of the molecule is CCCCc1nc(C)c(CC(=S)N2CCCC2)c(=O)n1Cc1ccc(-c2ccccc2-c2noc(=O)[nH]2)cc1. The molecule has 9 heteroatoms. The average Bonchev–Trinajstić information content (AvgIpc) is 3.64. The Morgan fingerprint density at radius 3 is 2.44 bits per heavy atom. The van der Waals surface area contributed by atoms with Gasteiger partial charge in [0.1, 0.15) is 5.82 Å². The summed E-state index contributed by atoms with van der Waals surface area (Å²) >= 11 is 5.72. The smallest absolute Gasteiger partial charge is 0.366 e. The number of H-pyrrole nitrogens is 1. The van der Waals surface area contributed by atoms with Gasteiger partial charge in [-0.25, -0.2) is 9.78 Å². The van der Waals surface area contributed by atoms with Crippen LogP contribution in [0.15, 0.2) is 62.6 Å². The minimum Gasteiger partial charge on any atom is -0.366 e. The summed E-state index contributed by atoms with van der Waals surface area (Å²) in [6, 6.07) is 15.8. The maximum atomic E-state index is 13.8. The second-order valence-electron chi connectivity index (χ2n) is 10.0. The lowest BCUT2D eigenvalue weighted by Gasteiger charge is -2.20. The number of nitrogens with zero attached hydrogens (tertiary/aromatic N) is 4. The highest BCUT2D eigenvalue weighted by Gasteiger charge is 2.20. The molecule has 0 atom stereocenters. The third kappa shape index (κ3) is 5.93. The summed E-state index contributed by atoms with van der Waals surface area (Å²) in [5.41, 5.74) is 5.14. The van der Waals surface area contributed by atoms with Gasteiger partial charge in [-0.3, -0.25) is 18.9 Å².